The molecule has 5 nitrogen and oxygen atoms in total. The van der Waals surface area contributed by atoms with Crippen molar-refractivity contribution in [1.29, 1.82) is 0 Å². The minimum atomic E-state index is -3.64. The van der Waals surface area contributed by atoms with E-state index >= 15 is 0 Å². The molecule has 2 aromatic rings. The van der Waals surface area contributed by atoms with Crippen LogP contribution in [0.25, 0.3) is 0 Å². The van der Waals surface area contributed by atoms with Gasteiger partial charge in [-0.05, 0) is 37.1 Å². The first kappa shape index (κ1) is 14.4. The van der Waals surface area contributed by atoms with E-state index in [1.165, 1.54) is 4.31 Å². The van der Waals surface area contributed by atoms with Crippen LogP contribution >= 0.6 is 0 Å². The summed E-state index contributed by atoms with van der Waals surface area (Å²) >= 11 is 0. The van der Waals surface area contributed by atoms with Gasteiger partial charge in [0.15, 0.2) is 11.5 Å². The minimum absolute atomic E-state index is 0.106. The molecule has 120 valence electrons. The molecular formula is C17H17NO4S. The highest BCUT2D eigenvalue weighted by atomic mass is 32.2. The molecule has 0 amide bonds. The normalized spacial score (nSPS) is 19.5. The van der Waals surface area contributed by atoms with E-state index in [1.807, 2.05) is 31.2 Å². The number of para-hydroxylation sites is 1. The van der Waals surface area contributed by atoms with Gasteiger partial charge in [-0.3, -0.25) is 4.31 Å². The van der Waals surface area contributed by atoms with Gasteiger partial charge >= 0.3 is 0 Å². The summed E-state index contributed by atoms with van der Waals surface area (Å²) in [6.07, 6.45) is 0.722. The zero-order chi connectivity index (χ0) is 16.0. The van der Waals surface area contributed by atoms with Gasteiger partial charge in [0.25, 0.3) is 10.0 Å². The summed E-state index contributed by atoms with van der Waals surface area (Å²) in [5, 5.41) is 0. The van der Waals surface area contributed by atoms with Crippen LogP contribution < -0.4 is 13.8 Å². The van der Waals surface area contributed by atoms with E-state index in [1.54, 1.807) is 18.2 Å². The van der Waals surface area contributed by atoms with E-state index in [9.17, 15) is 8.42 Å². The molecule has 0 aromatic heterocycles. The molecule has 1 atom stereocenters. The van der Waals surface area contributed by atoms with Gasteiger partial charge in [-0.1, -0.05) is 18.2 Å². The second-order valence-electron chi connectivity index (χ2n) is 5.79. The molecule has 0 saturated heterocycles. The van der Waals surface area contributed by atoms with Crippen molar-refractivity contribution in [2.45, 2.75) is 24.3 Å². The van der Waals surface area contributed by atoms with Crippen LogP contribution in [0.3, 0.4) is 0 Å². The van der Waals surface area contributed by atoms with Crippen LogP contribution in [0.1, 0.15) is 12.5 Å². The van der Waals surface area contributed by atoms with Crippen LogP contribution in [-0.4, -0.2) is 27.7 Å². The Morgan fingerprint density at radius 3 is 2.61 bits per heavy atom. The van der Waals surface area contributed by atoms with Crippen molar-refractivity contribution in [3.63, 3.8) is 0 Å². The summed E-state index contributed by atoms with van der Waals surface area (Å²) in [5.74, 6) is 1.07. The zero-order valence-corrected chi connectivity index (χ0v) is 13.5. The quantitative estimate of drug-likeness (QED) is 0.849. The lowest BCUT2D eigenvalue weighted by Crippen LogP contribution is -2.35. The Hall–Kier alpha value is -2.21. The van der Waals surface area contributed by atoms with Gasteiger partial charge in [-0.2, -0.15) is 0 Å². The fraction of sp³-hybridized carbons (Fsp3) is 0.294. The number of hydrogen-bond acceptors (Lipinski definition) is 4. The monoisotopic (exact) mass is 331 g/mol. The second-order valence-corrected chi connectivity index (χ2v) is 7.60. The van der Waals surface area contributed by atoms with E-state index in [0.29, 0.717) is 24.7 Å². The zero-order valence-electron chi connectivity index (χ0n) is 12.7. The number of anilines is 1. The first-order chi connectivity index (χ1) is 11.1. The summed E-state index contributed by atoms with van der Waals surface area (Å²) in [4.78, 5) is 0.227. The third kappa shape index (κ3) is 2.25. The predicted molar refractivity (Wildman–Crippen MR) is 86.7 cm³/mol. The number of nitrogens with zero attached hydrogens (tertiary/aromatic N) is 1. The highest BCUT2D eigenvalue weighted by molar-refractivity contribution is 7.92. The highest BCUT2D eigenvalue weighted by Gasteiger charge is 2.36. The molecule has 23 heavy (non-hydrogen) atoms. The van der Waals surface area contributed by atoms with Gasteiger partial charge in [-0.25, -0.2) is 8.42 Å². The Balaban J connectivity index is 1.79. The molecule has 2 aliphatic heterocycles. The van der Waals surface area contributed by atoms with Crippen molar-refractivity contribution in [2.24, 2.45) is 0 Å². The summed E-state index contributed by atoms with van der Waals surface area (Å²) in [6.45, 7) is 2.84. The summed E-state index contributed by atoms with van der Waals surface area (Å²) in [7, 11) is -3.64. The maximum absolute atomic E-state index is 13.1. The number of hydrogen-bond donors (Lipinski definition) is 0. The van der Waals surface area contributed by atoms with E-state index in [0.717, 1.165) is 17.7 Å². The van der Waals surface area contributed by atoms with Crippen molar-refractivity contribution in [3.8, 4) is 11.5 Å². The Morgan fingerprint density at radius 1 is 1.04 bits per heavy atom. The van der Waals surface area contributed by atoms with Crippen molar-refractivity contribution < 1.29 is 17.9 Å². The molecule has 0 aliphatic carbocycles. The van der Waals surface area contributed by atoms with Crippen LogP contribution in [0.5, 0.6) is 11.5 Å². The lowest BCUT2D eigenvalue weighted by Gasteiger charge is -2.25. The largest absolute Gasteiger partial charge is 0.486 e. The fourth-order valence-electron chi connectivity index (χ4n) is 3.20. The molecule has 0 radical (unpaired) electrons. The molecule has 0 bridgehead atoms. The molecule has 2 heterocycles. The minimum Gasteiger partial charge on any atom is -0.486 e. The van der Waals surface area contributed by atoms with Crippen molar-refractivity contribution in [3.05, 3.63) is 48.0 Å². The average molecular weight is 331 g/mol. The Morgan fingerprint density at radius 2 is 1.78 bits per heavy atom. The SMILES string of the molecule is C[C@@H]1Cc2ccccc2N1S(=O)(=O)c1ccc2c(c1)OCCO2. The van der Waals surface area contributed by atoms with E-state index in [4.69, 9.17) is 9.47 Å². The number of sulfonamides is 1. The molecule has 2 aliphatic rings. The van der Waals surface area contributed by atoms with Crippen LogP contribution in [-0.2, 0) is 16.4 Å². The lowest BCUT2D eigenvalue weighted by molar-refractivity contribution is 0.171. The van der Waals surface area contributed by atoms with E-state index < -0.39 is 10.0 Å². The fourth-order valence-corrected chi connectivity index (χ4v) is 4.91. The second kappa shape index (κ2) is 5.16. The lowest BCUT2D eigenvalue weighted by atomic mass is 10.1. The standard InChI is InChI=1S/C17H17NO4S/c1-12-10-13-4-2-3-5-15(13)18(12)23(19,20)14-6-7-16-17(11-14)22-9-8-21-16/h2-7,11-12H,8-10H2,1H3/t12-/m1/s1. The van der Waals surface area contributed by atoms with Gasteiger partial charge in [0.1, 0.15) is 13.2 Å². The van der Waals surface area contributed by atoms with Gasteiger partial charge in [-0.15, -0.1) is 0 Å². The number of rotatable bonds is 2. The molecular weight excluding hydrogens is 314 g/mol. The first-order valence-corrected chi connectivity index (χ1v) is 9.03. The topological polar surface area (TPSA) is 55.8 Å². The Labute approximate surface area is 135 Å². The molecule has 4 rings (SSSR count). The van der Waals surface area contributed by atoms with Crippen LogP contribution in [0.15, 0.2) is 47.4 Å². The molecule has 0 spiro atoms. The summed E-state index contributed by atoms with van der Waals surface area (Å²) < 4.78 is 38.7. The number of benzene rings is 2. The smallest absolute Gasteiger partial charge is 0.264 e. The highest BCUT2D eigenvalue weighted by Crippen LogP contribution is 2.39. The number of ether oxygens (including phenoxy) is 2. The molecule has 6 heteroatoms. The molecule has 2 aromatic carbocycles. The van der Waals surface area contributed by atoms with Crippen molar-refractivity contribution in [1.82, 2.24) is 0 Å². The maximum atomic E-state index is 13.1. The van der Waals surface area contributed by atoms with E-state index in [-0.39, 0.29) is 10.9 Å². The van der Waals surface area contributed by atoms with Gasteiger partial charge in [0.2, 0.25) is 0 Å². The molecule has 0 fully saturated rings. The van der Waals surface area contributed by atoms with Crippen molar-refractivity contribution in [2.75, 3.05) is 17.5 Å². The predicted octanol–water partition coefficient (Wildman–Crippen LogP) is 2.60. The maximum Gasteiger partial charge on any atom is 0.264 e. The van der Waals surface area contributed by atoms with E-state index in [2.05, 4.69) is 0 Å². The molecule has 0 N–H and O–H groups in total. The summed E-state index contributed by atoms with van der Waals surface area (Å²) in [6, 6.07) is 12.3. The van der Waals surface area contributed by atoms with Gasteiger partial charge in [0.05, 0.1) is 10.6 Å². The van der Waals surface area contributed by atoms with Crippen LogP contribution in [0.4, 0.5) is 5.69 Å². The molecule has 0 saturated carbocycles. The third-order valence-corrected chi connectivity index (χ3v) is 6.14. The Bertz CT molecular complexity index is 863. The molecule has 0 unspecified atom stereocenters. The van der Waals surface area contributed by atoms with Crippen LogP contribution in [0, 0.1) is 0 Å². The van der Waals surface area contributed by atoms with Gasteiger partial charge < -0.3 is 9.47 Å². The first-order valence-electron chi connectivity index (χ1n) is 7.59. The Kier molecular flexibility index (Phi) is 3.23. The average Bonchev–Trinajstić information content (AvgIpc) is 2.90. The summed E-state index contributed by atoms with van der Waals surface area (Å²) in [5.41, 5.74) is 1.82. The number of fused-ring (bicyclic) bond motifs is 2. The van der Waals surface area contributed by atoms with Crippen LogP contribution in [0.2, 0.25) is 0 Å². The van der Waals surface area contributed by atoms with Crippen molar-refractivity contribution >= 4 is 15.7 Å². The van der Waals surface area contributed by atoms with Gasteiger partial charge in [0, 0.05) is 12.1 Å². The third-order valence-electron chi connectivity index (χ3n) is 4.22.